The molecule has 1 aromatic heterocycles. The van der Waals surface area contributed by atoms with E-state index in [1.165, 1.54) is 12.1 Å². The van der Waals surface area contributed by atoms with Crippen LogP contribution in [0.2, 0.25) is 5.02 Å². The number of aryl methyl sites for hydroxylation is 1. The van der Waals surface area contributed by atoms with Crippen LogP contribution in [0, 0.1) is 18.2 Å². The fourth-order valence-corrected chi connectivity index (χ4v) is 4.92. The van der Waals surface area contributed by atoms with E-state index in [4.69, 9.17) is 27.5 Å². The lowest BCUT2D eigenvalue weighted by Gasteiger charge is -2.32. The quantitative estimate of drug-likeness (QED) is 0.263. The topological polar surface area (TPSA) is 100 Å². The number of piperidine rings is 1. The lowest BCUT2D eigenvalue weighted by molar-refractivity contribution is 0.0286. The molecule has 1 saturated heterocycles. The van der Waals surface area contributed by atoms with E-state index in [0.717, 1.165) is 23.2 Å². The number of hydrogen-bond donors (Lipinski definition) is 3. The van der Waals surface area contributed by atoms with E-state index < -0.39 is 12.3 Å². The SMILES string of the molecule is CC(=N)c1c(N)nc(-c2ccc(NSc3cc(Cl)ccc3F)cc2C)nc1OC1CCN(C)CC1F. The van der Waals surface area contributed by atoms with Gasteiger partial charge in [-0.05, 0) is 81.2 Å². The lowest BCUT2D eigenvalue weighted by Crippen LogP contribution is -2.45. The molecule has 4 N–H and O–H groups in total. The number of alkyl halides is 1. The second-order valence-electron chi connectivity index (χ2n) is 8.77. The molecule has 1 fully saturated rings. The Hall–Kier alpha value is -2.95. The Labute approximate surface area is 218 Å². The average molecular weight is 533 g/mol. The Balaban J connectivity index is 1.60. The van der Waals surface area contributed by atoms with Crippen molar-refractivity contribution in [1.29, 1.82) is 5.41 Å². The Morgan fingerprint density at radius 1 is 1.28 bits per heavy atom. The highest BCUT2D eigenvalue weighted by atomic mass is 35.5. The molecule has 0 radical (unpaired) electrons. The average Bonchev–Trinajstić information content (AvgIpc) is 2.81. The van der Waals surface area contributed by atoms with Gasteiger partial charge in [0.05, 0.1) is 10.5 Å². The second-order valence-corrected chi connectivity index (χ2v) is 10.1. The highest BCUT2D eigenvalue weighted by molar-refractivity contribution is 8.00. The number of nitrogens with zero attached hydrogens (tertiary/aromatic N) is 3. The molecule has 0 aliphatic carbocycles. The Kier molecular flexibility index (Phi) is 7.97. The first-order valence-corrected chi connectivity index (χ1v) is 12.5. The summed E-state index contributed by atoms with van der Waals surface area (Å²) < 4.78 is 37.8. The predicted octanol–water partition coefficient (Wildman–Crippen LogP) is 5.75. The van der Waals surface area contributed by atoms with Crippen molar-refractivity contribution in [2.75, 3.05) is 30.6 Å². The van der Waals surface area contributed by atoms with Gasteiger partial charge in [0.15, 0.2) is 5.82 Å². The van der Waals surface area contributed by atoms with Crippen LogP contribution in [0.25, 0.3) is 11.4 Å². The third kappa shape index (κ3) is 5.88. The van der Waals surface area contributed by atoms with Crippen molar-refractivity contribution >= 4 is 40.8 Å². The maximum absolute atomic E-state index is 14.7. The molecule has 2 aromatic carbocycles. The van der Waals surface area contributed by atoms with Crippen LogP contribution in [0.5, 0.6) is 5.88 Å². The van der Waals surface area contributed by atoms with Crippen molar-refractivity contribution < 1.29 is 13.5 Å². The number of likely N-dealkylation sites (tertiary alicyclic amines) is 1. The molecule has 190 valence electrons. The Morgan fingerprint density at radius 2 is 2.06 bits per heavy atom. The normalized spacial score (nSPS) is 18.2. The third-order valence-corrected chi connectivity index (χ3v) is 6.97. The van der Waals surface area contributed by atoms with Crippen LogP contribution in [0.1, 0.15) is 24.5 Å². The van der Waals surface area contributed by atoms with Crippen LogP contribution in [0.15, 0.2) is 41.3 Å². The van der Waals surface area contributed by atoms with Gasteiger partial charge in [0.25, 0.3) is 0 Å². The zero-order valence-electron chi connectivity index (χ0n) is 20.1. The molecule has 11 heteroatoms. The van der Waals surface area contributed by atoms with Crippen LogP contribution >= 0.6 is 23.5 Å². The van der Waals surface area contributed by atoms with Gasteiger partial charge in [-0.3, -0.25) is 0 Å². The van der Waals surface area contributed by atoms with Gasteiger partial charge < -0.3 is 25.5 Å². The number of aromatic nitrogens is 2. The predicted molar refractivity (Wildman–Crippen MR) is 141 cm³/mol. The van der Waals surface area contributed by atoms with Crippen molar-refractivity contribution in [1.82, 2.24) is 14.9 Å². The molecule has 0 bridgehead atoms. The highest BCUT2D eigenvalue weighted by Gasteiger charge is 2.31. The van der Waals surface area contributed by atoms with Gasteiger partial charge in [-0.1, -0.05) is 11.6 Å². The summed E-state index contributed by atoms with van der Waals surface area (Å²) in [6.45, 7) is 4.41. The fourth-order valence-electron chi connectivity index (χ4n) is 3.97. The molecule has 0 spiro atoms. The van der Waals surface area contributed by atoms with Crippen molar-refractivity contribution in [3.8, 4) is 17.3 Å². The minimum absolute atomic E-state index is 0.0967. The first-order chi connectivity index (χ1) is 17.1. The minimum atomic E-state index is -1.18. The summed E-state index contributed by atoms with van der Waals surface area (Å²) >= 11 is 7.08. The van der Waals surface area contributed by atoms with Gasteiger partial charge in [-0.25, -0.2) is 13.8 Å². The first kappa shape index (κ1) is 26.1. The zero-order valence-corrected chi connectivity index (χ0v) is 21.7. The van der Waals surface area contributed by atoms with Gasteiger partial charge in [0.2, 0.25) is 5.88 Å². The summed E-state index contributed by atoms with van der Waals surface area (Å²) in [5.41, 5.74) is 8.88. The maximum atomic E-state index is 14.7. The van der Waals surface area contributed by atoms with Crippen molar-refractivity contribution in [2.45, 2.75) is 37.4 Å². The van der Waals surface area contributed by atoms with E-state index in [0.29, 0.717) is 34.3 Å². The molecule has 0 amide bonds. The van der Waals surface area contributed by atoms with E-state index in [1.54, 1.807) is 13.0 Å². The van der Waals surface area contributed by atoms with Gasteiger partial charge >= 0.3 is 0 Å². The number of nitrogens with two attached hydrogens (primary N) is 1. The van der Waals surface area contributed by atoms with E-state index in [-0.39, 0.29) is 35.3 Å². The molecule has 7 nitrogen and oxygen atoms in total. The number of hydrogen-bond acceptors (Lipinski definition) is 8. The van der Waals surface area contributed by atoms with Crippen molar-refractivity contribution in [3.05, 3.63) is 58.4 Å². The highest BCUT2D eigenvalue weighted by Crippen LogP contribution is 2.32. The molecule has 1 aliphatic heterocycles. The van der Waals surface area contributed by atoms with Crippen LogP contribution in [0.3, 0.4) is 0 Å². The molecule has 3 aromatic rings. The summed E-state index contributed by atoms with van der Waals surface area (Å²) in [7, 11) is 1.86. The first-order valence-electron chi connectivity index (χ1n) is 11.3. The maximum Gasteiger partial charge on any atom is 0.228 e. The summed E-state index contributed by atoms with van der Waals surface area (Å²) in [4.78, 5) is 11.2. The standard InChI is InChI=1S/C25H27ClF2N6OS/c1-13-10-16(33-36-21-11-15(26)4-7-18(21)27)5-6-17(13)24-31-23(30)22(14(2)29)25(32-24)35-20-8-9-34(3)12-19(20)28/h4-7,10-11,19-20,29,33H,8-9,12H2,1-3H3,(H2,30,31,32). The number of nitrogen functional groups attached to an aromatic ring is 1. The van der Waals surface area contributed by atoms with Crippen LogP contribution in [-0.4, -0.2) is 53.0 Å². The number of anilines is 2. The van der Waals surface area contributed by atoms with Gasteiger partial charge in [-0.2, -0.15) is 4.98 Å². The molecular formula is C25H27ClF2N6OS. The van der Waals surface area contributed by atoms with E-state index in [9.17, 15) is 8.78 Å². The van der Waals surface area contributed by atoms with E-state index in [1.807, 2.05) is 37.1 Å². The Bertz CT molecular complexity index is 1290. The van der Waals surface area contributed by atoms with E-state index in [2.05, 4.69) is 14.7 Å². The number of nitrogens with one attached hydrogen (secondary N) is 2. The van der Waals surface area contributed by atoms with Crippen LogP contribution in [0.4, 0.5) is 20.3 Å². The minimum Gasteiger partial charge on any atom is -0.471 e. The molecular weight excluding hydrogens is 506 g/mol. The molecule has 36 heavy (non-hydrogen) atoms. The molecule has 2 heterocycles. The summed E-state index contributed by atoms with van der Waals surface area (Å²) in [5.74, 6) is 0.145. The number of rotatable bonds is 7. The van der Waals surface area contributed by atoms with Crippen LogP contribution in [-0.2, 0) is 0 Å². The summed E-state index contributed by atoms with van der Waals surface area (Å²) in [5, 5.41) is 8.57. The van der Waals surface area contributed by atoms with Gasteiger partial charge in [-0.15, -0.1) is 0 Å². The molecule has 2 unspecified atom stereocenters. The zero-order chi connectivity index (χ0) is 26.0. The number of benzene rings is 2. The number of halogens is 3. The van der Waals surface area contributed by atoms with Crippen molar-refractivity contribution in [3.63, 3.8) is 0 Å². The molecule has 0 saturated carbocycles. The van der Waals surface area contributed by atoms with Crippen molar-refractivity contribution in [2.24, 2.45) is 0 Å². The molecule has 4 rings (SSSR count). The third-order valence-electron chi connectivity index (χ3n) is 5.87. The fraction of sp³-hybridized carbons (Fsp3) is 0.320. The lowest BCUT2D eigenvalue weighted by atomic mass is 10.1. The molecule has 1 aliphatic rings. The number of ether oxygens (including phenoxy) is 1. The summed E-state index contributed by atoms with van der Waals surface area (Å²) in [6.07, 6.45) is -1.37. The largest absolute Gasteiger partial charge is 0.471 e. The smallest absolute Gasteiger partial charge is 0.228 e. The van der Waals surface area contributed by atoms with E-state index >= 15 is 0 Å². The van der Waals surface area contributed by atoms with Gasteiger partial charge in [0.1, 0.15) is 23.9 Å². The monoisotopic (exact) mass is 532 g/mol. The molecule has 2 atom stereocenters. The summed E-state index contributed by atoms with van der Waals surface area (Å²) in [6, 6.07) is 9.85. The van der Waals surface area contributed by atoms with Crippen LogP contribution < -0.4 is 15.2 Å². The second kappa shape index (κ2) is 11.0. The Morgan fingerprint density at radius 3 is 2.75 bits per heavy atom. The van der Waals surface area contributed by atoms with Gasteiger partial charge in [0, 0.05) is 35.1 Å².